The maximum absolute atomic E-state index is 13.0. The van der Waals surface area contributed by atoms with Crippen molar-refractivity contribution in [3.05, 3.63) is 106 Å². The summed E-state index contributed by atoms with van der Waals surface area (Å²) < 4.78 is 16.2. The van der Waals surface area contributed by atoms with Gasteiger partial charge in [-0.2, -0.15) is 0 Å². The van der Waals surface area contributed by atoms with Crippen molar-refractivity contribution >= 4 is 17.9 Å². The number of ether oxygens (including phenoxy) is 3. The molecule has 4 aromatic rings. The van der Waals surface area contributed by atoms with E-state index >= 15 is 0 Å². The monoisotopic (exact) mass is 528 g/mol. The lowest BCUT2D eigenvalue weighted by molar-refractivity contribution is 0.0734. The number of carbonyl (C=O) groups is 3. The number of benzene rings is 4. The fourth-order valence-corrected chi connectivity index (χ4v) is 3.55. The number of phenolic OH excluding ortho intramolecular Hbond substituents is 3. The second-order valence-electron chi connectivity index (χ2n) is 8.81. The van der Waals surface area contributed by atoms with Crippen molar-refractivity contribution in [3.63, 3.8) is 0 Å². The second-order valence-corrected chi connectivity index (χ2v) is 8.81. The second kappa shape index (κ2) is 11.0. The van der Waals surface area contributed by atoms with Crippen LogP contribution < -0.4 is 14.2 Å². The van der Waals surface area contributed by atoms with Crippen LogP contribution in [0.25, 0.3) is 0 Å². The minimum absolute atomic E-state index is 0.0264. The SMILES string of the molecule is Cc1cc(OC(=O)c2cc(C(=O)Oc3ccc(O)c(C)c3)cc(C(=O)Oc3ccc(O)c(C)c3)c2)ccc1O. The molecule has 0 heterocycles. The largest absolute Gasteiger partial charge is 0.508 e. The van der Waals surface area contributed by atoms with Crippen LogP contribution in [0.15, 0.2) is 72.8 Å². The number of aromatic hydroxyl groups is 3. The van der Waals surface area contributed by atoms with Crippen molar-refractivity contribution in [1.82, 2.24) is 0 Å². The molecule has 0 saturated heterocycles. The number of aryl methyl sites for hydroxylation is 3. The maximum Gasteiger partial charge on any atom is 0.343 e. The van der Waals surface area contributed by atoms with E-state index in [0.717, 1.165) is 0 Å². The summed E-state index contributed by atoms with van der Waals surface area (Å²) in [5, 5.41) is 29.2. The van der Waals surface area contributed by atoms with Gasteiger partial charge in [0.2, 0.25) is 0 Å². The summed E-state index contributed by atoms with van der Waals surface area (Å²) in [4.78, 5) is 39.0. The van der Waals surface area contributed by atoms with E-state index in [2.05, 4.69) is 0 Å². The average molecular weight is 529 g/mol. The number of phenols is 3. The van der Waals surface area contributed by atoms with E-state index in [1.54, 1.807) is 20.8 Å². The maximum atomic E-state index is 13.0. The van der Waals surface area contributed by atoms with Crippen LogP contribution in [0.2, 0.25) is 0 Å². The van der Waals surface area contributed by atoms with Crippen LogP contribution in [0.1, 0.15) is 47.8 Å². The number of esters is 3. The summed E-state index contributed by atoms with van der Waals surface area (Å²) in [6.45, 7) is 4.90. The van der Waals surface area contributed by atoms with Crippen molar-refractivity contribution < 1.29 is 43.9 Å². The van der Waals surface area contributed by atoms with Gasteiger partial charge in [-0.05, 0) is 110 Å². The third kappa shape index (κ3) is 6.34. The van der Waals surface area contributed by atoms with Crippen LogP contribution in [-0.2, 0) is 0 Å². The third-order valence-electron chi connectivity index (χ3n) is 5.78. The Bertz CT molecular complexity index is 1400. The Hall–Kier alpha value is -5.31. The molecule has 0 atom stereocenters. The summed E-state index contributed by atoms with van der Waals surface area (Å²) in [7, 11) is 0. The minimum atomic E-state index is -0.871. The van der Waals surface area contributed by atoms with Gasteiger partial charge in [-0.1, -0.05) is 0 Å². The summed E-state index contributed by atoms with van der Waals surface area (Å²) in [5.41, 5.74) is 1.04. The predicted octanol–water partition coefficient (Wildman–Crippen LogP) is 5.39. The first-order valence-electron chi connectivity index (χ1n) is 11.7. The van der Waals surface area contributed by atoms with Gasteiger partial charge in [-0.15, -0.1) is 0 Å². The molecule has 0 bridgehead atoms. The highest BCUT2D eigenvalue weighted by Gasteiger charge is 2.21. The Morgan fingerprint density at radius 2 is 0.718 bits per heavy atom. The fraction of sp³-hybridized carbons (Fsp3) is 0.100. The minimum Gasteiger partial charge on any atom is -0.508 e. The van der Waals surface area contributed by atoms with E-state index in [-0.39, 0.29) is 51.2 Å². The highest BCUT2D eigenvalue weighted by atomic mass is 16.5. The van der Waals surface area contributed by atoms with Crippen LogP contribution in [0, 0.1) is 20.8 Å². The van der Waals surface area contributed by atoms with Gasteiger partial charge in [0.15, 0.2) is 0 Å². The van der Waals surface area contributed by atoms with Crippen molar-refractivity contribution in [2.24, 2.45) is 0 Å². The first kappa shape index (κ1) is 26.7. The fourth-order valence-electron chi connectivity index (χ4n) is 3.55. The molecule has 198 valence electrons. The molecular weight excluding hydrogens is 504 g/mol. The smallest absolute Gasteiger partial charge is 0.343 e. The Kier molecular flexibility index (Phi) is 7.53. The van der Waals surface area contributed by atoms with Gasteiger partial charge in [0.1, 0.15) is 34.5 Å². The number of hydrogen-bond acceptors (Lipinski definition) is 9. The van der Waals surface area contributed by atoms with Crippen LogP contribution in [0.3, 0.4) is 0 Å². The summed E-state index contributed by atoms with van der Waals surface area (Å²) in [5.74, 6) is -2.10. The van der Waals surface area contributed by atoms with Crippen LogP contribution in [-0.4, -0.2) is 33.2 Å². The number of carbonyl (C=O) groups excluding carboxylic acids is 3. The quantitative estimate of drug-likeness (QED) is 0.222. The predicted molar refractivity (Wildman–Crippen MR) is 140 cm³/mol. The molecule has 9 nitrogen and oxygen atoms in total. The molecule has 0 fully saturated rings. The number of rotatable bonds is 6. The summed E-state index contributed by atoms with van der Waals surface area (Å²) in [6.07, 6.45) is 0. The van der Waals surface area contributed by atoms with Gasteiger partial charge in [0.05, 0.1) is 16.7 Å². The van der Waals surface area contributed by atoms with Crippen LogP contribution >= 0.6 is 0 Å². The molecule has 3 N–H and O–H groups in total. The normalized spacial score (nSPS) is 10.5. The Labute approximate surface area is 223 Å². The number of hydrogen-bond donors (Lipinski definition) is 3. The van der Waals surface area contributed by atoms with Gasteiger partial charge in [-0.3, -0.25) is 0 Å². The Morgan fingerprint density at radius 3 is 0.949 bits per heavy atom. The molecule has 9 heteroatoms. The third-order valence-corrected chi connectivity index (χ3v) is 5.78. The highest BCUT2D eigenvalue weighted by Crippen LogP contribution is 2.26. The molecule has 0 aliphatic rings. The molecular formula is C30H24O9. The van der Waals surface area contributed by atoms with E-state index < -0.39 is 17.9 Å². The highest BCUT2D eigenvalue weighted by molar-refractivity contribution is 6.01. The van der Waals surface area contributed by atoms with Gasteiger partial charge in [-0.25, -0.2) is 14.4 Å². The summed E-state index contributed by atoms with van der Waals surface area (Å²) >= 11 is 0. The van der Waals surface area contributed by atoms with Crippen molar-refractivity contribution in [3.8, 4) is 34.5 Å². The molecule has 39 heavy (non-hydrogen) atoms. The van der Waals surface area contributed by atoms with E-state index in [1.807, 2.05) is 0 Å². The van der Waals surface area contributed by atoms with Gasteiger partial charge >= 0.3 is 17.9 Å². The molecule has 0 radical (unpaired) electrons. The van der Waals surface area contributed by atoms with Gasteiger partial charge in [0.25, 0.3) is 0 Å². The first-order chi connectivity index (χ1) is 18.5. The first-order valence-corrected chi connectivity index (χ1v) is 11.7. The zero-order valence-corrected chi connectivity index (χ0v) is 21.2. The standard InChI is InChI=1S/C30H24O9/c1-16-10-22(4-7-25(16)31)37-28(34)19-13-20(29(35)38-23-5-8-26(32)17(2)11-23)15-21(14-19)30(36)39-24-6-9-27(33)18(3)12-24/h4-15,31-33H,1-3H3. The van der Waals surface area contributed by atoms with Crippen molar-refractivity contribution in [2.45, 2.75) is 20.8 Å². The molecule has 4 rings (SSSR count). The van der Waals surface area contributed by atoms with E-state index in [4.69, 9.17) is 14.2 Å². The van der Waals surface area contributed by atoms with Gasteiger partial charge in [0, 0.05) is 0 Å². The lowest BCUT2D eigenvalue weighted by Gasteiger charge is -2.11. The Balaban J connectivity index is 1.67. The molecule has 0 saturated carbocycles. The van der Waals surface area contributed by atoms with Gasteiger partial charge < -0.3 is 29.5 Å². The van der Waals surface area contributed by atoms with E-state index in [0.29, 0.717) is 16.7 Å². The van der Waals surface area contributed by atoms with Crippen molar-refractivity contribution in [2.75, 3.05) is 0 Å². The van der Waals surface area contributed by atoms with Crippen LogP contribution in [0.4, 0.5) is 0 Å². The van der Waals surface area contributed by atoms with E-state index in [9.17, 15) is 29.7 Å². The molecule has 0 spiro atoms. The lowest BCUT2D eigenvalue weighted by Crippen LogP contribution is -2.16. The average Bonchev–Trinajstić information content (AvgIpc) is 2.90. The summed E-state index contributed by atoms with van der Waals surface area (Å²) in [6, 6.07) is 16.3. The van der Waals surface area contributed by atoms with Crippen molar-refractivity contribution in [1.29, 1.82) is 0 Å². The van der Waals surface area contributed by atoms with Crippen LogP contribution in [0.5, 0.6) is 34.5 Å². The molecule has 4 aromatic carbocycles. The molecule has 0 aliphatic heterocycles. The molecule has 0 unspecified atom stereocenters. The lowest BCUT2D eigenvalue weighted by atomic mass is 10.1. The molecule has 0 aliphatic carbocycles. The Morgan fingerprint density at radius 1 is 0.462 bits per heavy atom. The zero-order chi connectivity index (χ0) is 28.3. The molecule has 0 aromatic heterocycles. The topological polar surface area (TPSA) is 140 Å². The van der Waals surface area contributed by atoms with E-state index in [1.165, 1.54) is 72.8 Å². The zero-order valence-electron chi connectivity index (χ0n) is 21.2. The molecule has 0 amide bonds.